The fraction of sp³-hybridized carbons (Fsp3) is 0.114. The third-order valence-electron chi connectivity index (χ3n) is 19.6. The van der Waals surface area contributed by atoms with Crippen molar-refractivity contribution in [2.24, 2.45) is 0 Å². The summed E-state index contributed by atoms with van der Waals surface area (Å²) in [5, 5.41) is 0. The molecule has 96 heavy (non-hydrogen) atoms. The van der Waals surface area contributed by atoms with Crippen molar-refractivity contribution in [3.8, 4) is 22.7 Å². The zero-order valence-corrected chi connectivity index (χ0v) is 56.0. The molecule has 466 valence electrons. The van der Waals surface area contributed by atoms with Gasteiger partial charge in [0.05, 0.1) is 88.6 Å². The van der Waals surface area contributed by atoms with Crippen LogP contribution in [0, 0.1) is 69.2 Å². The van der Waals surface area contributed by atoms with Crippen LogP contribution in [0.5, 0.6) is 0 Å². The minimum absolute atomic E-state index is 1.03. The number of benzene rings is 13. The van der Waals surface area contributed by atoms with Gasteiger partial charge in [0.25, 0.3) is 0 Å². The molecule has 0 unspecified atom stereocenters. The lowest BCUT2D eigenvalue weighted by atomic mass is 10.1. The normalized spacial score (nSPS) is 11.9. The fourth-order valence-electron chi connectivity index (χ4n) is 14.7. The van der Waals surface area contributed by atoms with Crippen LogP contribution in [0.15, 0.2) is 267 Å². The Morgan fingerprint density at radius 3 is 0.625 bits per heavy atom. The van der Waals surface area contributed by atoms with Gasteiger partial charge in [0.15, 0.2) is 0 Å². The summed E-state index contributed by atoms with van der Waals surface area (Å²) in [6.07, 6.45) is 0. The van der Waals surface area contributed by atoms with E-state index in [1.807, 2.05) is 0 Å². The van der Waals surface area contributed by atoms with E-state index in [0.717, 1.165) is 134 Å². The standard InChI is InChI=1S/C88H74N8/c1-55-11-29-65(30-12-55)89(66-31-13-56(2)14-32-66)73-49-83-87-85(51-73)93(71-41-23-61(7)24-42-71)79-53-80-82(54-81(79)95(87)75-45-27-63(9)47-77(75)91(83)69-37-19-59(5)20-38-69)96-76-46-28-64(10)48-78(76)92(70-39-21-60(6)22-40-70)84-50-74(52-86(88(84)96)94(80)72-43-25-62(8)26-44-72)90(67-33-15-57(3)16-34-67)68-35-17-58(4)18-36-68/h11-54H,1-10H3. The maximum Gasteiger partial charge on any atom is 0.0949 e. The van der Waals surface area contributed by atoms with Crippen LogP contribution in [-0.4, -0.2) is 27.1 Å². The van der Waals surface area contributed by atoms with Crippen molar-refractivity contribution in [1.82, 2.24) is 27.1 Å². The van der Waals surface area contributed by atoms with Crippen LogP contribution in [0.4, 0.5) is 34.1 Å². The SMILES string of the molecule is Cc1ccc(N(c2ccc(C)cc2)c2cc3c4c(c2)n(-c2ccc(C)cc2)c2cc5c(cc2n4c2ccc(C)cc2n3-c2ccc(C)cc2)n2c3ccc(C)cc3n(-c3ccc(C)cc3)c3cc(N(c4ccc(C)cc4)c4ccc(C)cc4)cc(c32)n5-c2ccc(C)cc2)cc1. The summed E-state index contributed by atoms with van der Waals surface area (Å²) in [4.78, 5) is 4.87. The number of fused-ring (bicyclic) bond motifs is 8. The first-order valence-corrected chi connectivity index (χ1v) is 33.4. The molecular weight excluding hydrogens is 1170 g/mol. The fourth-order valence-corrected chi connectivity index (χ4v) is 14.7. The van der Waals surface area contributed by atoms with Crippen LogP contribution < -0.4 is 9.80 Å². The van der Waals surface area contributed by atoms with Gasteiger partial charge in [-0.3, -0.25) is 0 Å². The van der Waals surface area contributed by atoms with Crippen LogP contribution in [-0.2, 0) is 0 Å². The van der Waals surface area contributed by atoms with Gasteiger partial charge in [0, 0.05) is 45.5 Å². The number of hydrogen-bond acceptors (Lipinski definition) is 2. The molecular formula is C88H74N8. The lowest BCUT2D eigenvalue weighted by molar-refractivity contribution is 1.07. The molecule has 8 heteroatoms. The zero-order chi connectivity index (χ0) is 65.4. The molecule has 0 amide bonds. The van der Waals surface area contributed by atoms with Gasteiger partial charge in [-0.05, 0) is 238 Å². The molecule has 0 saturated carbocycles. The minimum Gasteiger partial charge on any atom is -0.310 e. The highest BCUT2D eigenvalue weighted by Gasteiger charge is 2.28. The lowest BCUT2D eigenvalue weighted by Crippen LogP contribution is -2.16. The monoisotopic (exact) mass is 1240 g/mol. The molecule has 17 aromatic rings. The van der Waals surface area contributed by atoms with Gasteiger partial charge in [-0.25, -0.2) is 0 Å². The topological polar surface area (TPSA) is 35.0 Å². The van der Waals surface area contributed by atoms with E-state index in [4.69, 9.17) is 0 Å². The van der Waals surface area contributed by atoms with Crippen molar-refractivity contribution >= 4 is 111 Å². The number of aryl methyl sites for hydroxylation is 10. The first-order chi connectivity index (χ1) is 46.7. The predicted octanol–water partition coefficient (Wildman–Crippen LogP) is 23.4. The molecule has 17 rings (SSSR count). The second-order valence-electron chi connectivity index (χ2n) is 26.8. The Morgan fingerprint density at radius 1 is 0.167 bits per heavy atom. The second-order valence-corrected chi connectivity index (χ2v) is 26.8. The van der Waals surface area contributed by atoms with E-state index in [0.29, 0.717) is 0 Å². The molecule has 0 spiro atoms. The number of hydrogen-bond donors (Lipinski definition) is 0. The van der Waals surface area contributed by atoms with Crippen LogP contribution >= 0.6 is 0 Å². The molecule has 8 nitrogen and oxygen atoms in total. The quantitative estimate of drug-likeness (QED) is 0.101. The summed E-state index contributed by atoms with van der Waals surface area (Å²) in [6.45, 7) is 21.8. The molecule has 0 saturated heterocycles. The highest BCUT2D eigenvalue weighted by atomic mass is 15.2. The van der Waals surface area contributed by atoms with Crippen molar-refractivity contribution in [3.63, 3.8) is 0 Å². The third kappa shape index (κ3) is 9.57. The minimum atomic E-state index is 1.03. The van der Waals surface area contributed by atoms with Crippen LogP contribution in [0.2, 0.25) is 0 Å². The maximum absolute atomic E-state index is 2.59. The summed E-state index contributed by atoms with van der Waals surface area (Å²) in [7, 11) is 0. The molecule has 0 radical (unpaired) electrons. The predicted molar refractivity (Wildman–Crippen MR) is 405 cm³/mol. The van der Waals surface area contributed by atoms with Crippen LogP contribution in [0.25, 0.3) is 100.0 Å². The van der Waals surface area contributed by atoms with Gasteiger partial charge in [0.2, 0.25) is 0 Å². The van der Waals surface area contributed by atoms with E-state index in [1.165, 1.54) is 55.6 Å². The number of rotatable bonds is 10. The first kappa shape index (κ1) is 58.1. The molecule has 0 bridgehead atoms. The summed E-state index contributed by atoms with van der Waals surface area (Å²) in [5.74, 6) is 0. The summed E-state index contributed by atoms with van der Waals surface area (Å²) in [6, 6.07) is 101. The van der Waals surface area contributed by atoms with Crippen molar-refractivity contribution in [3.05, 3.63) is 323 Å². The number of anilines is 6. The van der Waals surface area contributed by atoms with E-state index in [-0.39, 0.29) is 0 Å². The Balaban J connectivity index is 1.14. The van der Waals surface area contributed by atoms with E-state index >= 15 is 0 Å². The lowest BCUT2D eigenvalue weighted by Gasteiger charge is -2.31. The Kier molecular flexibility index (Phi) is 13.6. The first-order valence-electron chi connectivity index (χ1n) is 33.4. The highest BCUT2D eigenvalue weighted by Crippen LogP contribution is 2.47. The number of nitrogens with zero attached hydrogens (tertiary/aromatic N) is 8. The smallest absolute Gasteiger partial charge is 0.0949 e. The molecule has 4 heterocycles. The Bertz CT molecular complexity index is 5530. The van der Waals surface area contributed by atoms with Gasteiger partial charge in [-0.1, -0.05) is 154 Å². The van der Waals surface area contributed by atoms with Gasteiger partial charge in [-0.2, -0.15) is 0 Å². The van der Waals surface area contributed by atoms with Crippen molar-refractivity contribution in [2.45, 2.75) is 69.2 Å². The Morgan fingerprint density at radius 2 is 0.375 bits per heavy atom. The van der Waals surface area contributed by atoms with Crippen molar-refractivity contribution < 1.29 is 0 Å². The molecule has 0 fully saturated rings. The molecule has 0 aliphatic heterocycles. The van der Waals surface area contributed by atoms with Crippen molar-refractivity contribution in [1.29, 1.82) is 0 Å². The zero-order valence-electron chi connectivity index (χ0n) is 56.0. The molecule has 0 N–H and O–H groups in total. The van der Waals surface area contributed by atoms with E-state index in [2.05, 4.69) is 373 Å². The summed E-state index contributed by atoms with van der Waals surface area (Å²) in [5.41, 5.74) is 37.6. The summed E-state index contributed by atoms with van der Waals surface area (Å²) < 4.78 is 15.3. The largest absolute Gasteiger partial charge is 0.310 e. The van der Waals surface area contributed by atoms with Gasteiger partial charge < -0.3 is 36.9 Å². The molecule has 4 aromatic heterocycles. The molecule has 0 aliphatic carbocycles. The summed E-state index contributed by atoms with van der Waals surface area (Å²) >= 11 is 0. The van der Waals surface area contributed by atoms with E-state index in [9.17, 15) is 0 Å². The van der Waals surface area contributed by atoms with Gasteiger partial charge in [-0.15, -0.1) is 0 Å². The third-order valence-corrected chi connectivity index (χ3v) is 19.6. The van der Waals surface area contributed by atoms with Gasteiger partial charge >= 0.3 is 0 Å². The molecule has 0 atom stereocenters. The van der Waals surface area contributed by atoms with E-state index < -0.39 is 0 Å². The second kappa shape index (κ2) is 22.5. The molecule has 13 aromatic carbocycles. The molecule has 0 aliphatic rings. The van der Waals surface area contributed by atoms with E-state index in [1.54, 1.807) is 0 Å². The Hall–Kier alpha value is -11.7. The average molecular weight is 1240 g/mol. The highest BCUT2D eigenvalue weighted by molar-refractivity contribution is 6.13. The average Bonchev–Trinajstić information content (AvgIpc) is 0.686. The Labute approximate surface area is 559 Å². The van der Waals surface area contributed by atoms with Crippen LogP contribution in [0.1, 0.15) is 55.6 Å². The number of aromatic nitrogens is 6. The van der Waals surface area contributed by atoms with Crippen LogP contribution in [0.3, 0.4) is 0 Å². The van der Waals surface area contributed by atoms with Gasteiger partial charge in [0.1, 0.15) is 0 Å². The maximum atomic E-state index is 2.59. The van der Waals surface area contributed by atoms with Crippen molar-refractivity contribution in [2.75, 3.05) is 9.80 Å².